The Bertz CT molecular complexity index is 1200. The van der Waals surface area contributed by atoms with Crippen molar-refractivity contribution in [3.05, 3.63) is 72.2 Å². The number of hydrogen-bond donors (Lipinski definition) is 2. The molecule has 0 bridgehead atoms. The normalized spacial score (nSPS) is 16.5. The number of amides is 2. The molecule has 2 aromatic heterocycles. The maximum Gasteiger partial charge on any atom is 0.322 e. The Hall–Kier alpha value is -3.94. The summed E-state index contributed by atoms with van der Waals surface area (Å²) in [5, 5.41) is 11.4. The number of aromatic nitrogens is 3. The van der Waals surface area contributed by atoms with E-state index in [0.29, 0.717) is 18.0 Å². The maximum atomic E-state index is 12.6. The zero-order valence-corrected chi connectivity index (χ0v) is 15.3. The topological polar surface area (TPSA) is 104 Å². The summed E-state index contributed by atoms with van der Waals surface area (Å²) in [6, 6.07) is 17.0. The minimum Gasteiger partial charge on any atom is -0.407 e. The van der Waals surface area contributed by atoms with Gasteiger partial charge in [-0.15, -0.1) is 5.10 Å². The lowest BCUT2D eigenvalue weighted by atomic mass is 10.1. The molecule has 29 heavy (non-hydrogen) atoms. The molecule has 1 aliphatic heterocycles. The Morgan fingerprint density at radius 1 is 1.10 bits per heavy atom. The van der Waals surface area contributed by atoms with Crippen LogP contribution in [0.4, 0.5) is 11.7 Å². The van der Waals surface area contributed by atoms with Crippen LogP contribution in [0.1, 0.15) is 28.6 Å². The lowest BCUT2D eigenvalue weighted by molar-refractivity contribution is -0.117. The second-order valence-corrected chi connectivity index (χ2v) is 6.89. The van der Waals surface area contributed by atoms with Crippen LogP contribution in [0.2, 0.25) is 0 Å². The standard InChI is InChI=1S/C21H17N5O3/c27-18-10-13(12-26(18)14-6-2-1-3-7-14)20-24-25-21(29-20)23-19(28)16-11-22-17-9-5-4-8-15(16)17/h1-9,11,13,22H,10,12H2,(H,23,25,28). The van der Waals surface area contributed by atoms with Crippen molar-refractivity contribution in [3.63, 3.8) is 0 Å². The van der Waals surface area contributed by atoms with E-state index >= 15 is 0 Å². The average molecular weight is 387 g/mol. The first-order valence-corrected chi connectivity index (χ1v) is 9.25. The zero-order chi connectivity index (χ0) is 19.8. The van der Waals surface area contributed by atoms with Crippen LogP contribution in [0.25, 0.3) is 10.9 Å². The largest absolute Gasteiger partial charge is 0.407 e. The molecular formula is C21H17N5O3. The number of fused-ring (bicyclic) bond motifs is 1. The van der Waals surface area contributed by atoms with Crippen molar-refractivity contribution in [2.24, 2.45) is 0 Å². The summed E-state index contributed by atoms with van der Waals surface area (Å²) in [4.78, 5) is 29.7. The quantitative estimate of drug-likeness (QED) is 0.559. The summed E-state index contributed by atoms with van der Waals surface area (Å²) in [6.07, 6.45) is 1.93. The van der Waals surface area contributed by atoms with Crippen LogP contribution in [-0.2, 0) is 4.79 Å². The molecule has 8 nitrogen and oxygen atoms in total. The van der Waals surface area contributed by atoms with E-state index in [4.69, 9.17) is 4.42 Å². The number of hydrogen-bond acceptors (Lipinski definition) is 5. The maximum absolute atomic E-state index is 12.6. The fraction of sp³-hybridized carbons (Fsp3) is 0.143. The van der Waals surface area contributed by atoms with Gasteiger partial charge in [-0.2, -0.15) is 0 Å². The first-order chi connectivity index (χ1) is 14.2. The molecule has 2 aromatic carbocycles. The molecule has 0 spiro atoms. The number of carbonyl (C=O) groups is 2. The van der Waals surface area contributed by atoms with Crippen LogP contribution in [-0.4, -0.2) is 33.5 Å². The molecule has 1 unspecified atom stereocenters. The third-order valence-corrected chi connectivity index (χ3v) is 5.04. The number of rotatable bonds is 4. The van der Waals surface area contributed by atoms with Crippen molar-refractivity contribution in [2.75, 3.05) is 16.8 Å². The number of aromatic amines is 1. The van der Waals surface area contributed by atoms with Crippen LogP contribution >= 0.6 is 0 Å². The average Bonchev–Trinajstić information content (AvgIpc) is 3.46. The molecule has 0 aliphatic carbocycles. The number of benzene rings is 2. The van der Waals surface area contributed by atoms with Gasteiger partial charge in [-0.25, -0.2) is 0 Å². The highest BCUT2D eigenvalue weighted by atomic mass is 16.4. The van der Waals surface area contributed by atoms with Gasteiger partial charge in [0.1, 0.15) is 0 Å². The van der Waals surface area contributed by atoms with E-state index < -0.39 is 0 Å². The van der Waals surface area contributed by atoms with Gasteiger partial charge >= 0.3 is 6.01 Å². The van der Waals surface area contributed by atoms with Gasteiger partial charge in [0.2, 0.25) is 11.8 Å². The molecule has 1 aliphatic rings. The summed E-state index contributed by atoms with van der Waals surface area (Å²) >= 11 is 0. The summed E-state index contributed by atoms with van der Waals surface area (Å²) in [5.74, 6) is -0.213. The third kappa shape index (κ3) is 3.14. The molecule has 2 N–H and O–H groups in total. The second-order valence-electron chi connectivity index (χ2n) is 6.89. The lowest BCUT2D eigenvalue weighted by Crippen LogP contribution is -2.24. The Morgan fingerprint density at radius 2 is 1.90 bits per heavy atom. The van der Waals surface area contributed by atoms with Gasteiger partial charge in [0.05, 0.1) is 11.5 Å². The van der Waals surface area contributed by atoms with Gasteiger partial charge in [0, 0.05) is 35.8 Å². The molecule has 3 heterocycles. The van der Waals surface area contributed by atoms with E-state index in [2.05, 4.69) is 20.5 Å². The Kier molecular flexibility index (Phi) is 4.09. The van der Waals surface area contributed by atoms with Crippen molar-refractivity contribution in [1.29, 1.82) is 0 Å². The monoisotopic (exact) mass is 387 g/mol. The Morgan fingerprint density at radius 3 is 2.76 bits per heavy atom. The molecular weight excluding hydrogens is 370 g/mol. The molecule has 144 valence electrons. The molecule has 0 radical (unpaired) electrons. The van der Waals surface area contributed by atoms with Crippen molar-refractivity contribution in [2.45, 2.75) is 12.3 Å². The number of carbonyl (C=O) groups excluding carboxylic acids is 2. The van der Waals surface area contributed by atoms with Gasteiger partial charge in [0.15, 0.2) is 0 Å². The number of H-pyrrole nitrogens is 1. The minimum absolute atomic E-state index is 0.00350. The SMILES string of the molecule is O=C(Nc1nnc(C2CC(=O)N(c3ccccc3)C2)o1)c1c[nH]c2ccccc12. The molecule has 8 heteroatoms. The summed E-state index contributed by atoms with van der Waals surface area (Å²) < 4.78 is 5.64. The van der Waals surface area contributed by atoms with E-state index in [-0.39, 0.29) is 30.2 Å². The van der Waals surface area contributed by atoms with Gasteiger partial charge < -0.3 is 14.3 Å². The predicted octanol–water partition coefficient (Wildman–Crippen LogP) is 3.32. The molecule has 2 amide bonds. The van der Waals surface area contributed by atoms with E-state index in [1.807, 2.05) is 54.6 Å². The first kappa shape index (κ1) is 17.2. The summed E-state index contributed by atoms with van der Waals surface area (Å²) in [5.41, 5.74) is 2.20. The molecule has 0 saturated carbocycles. The van der Waals surface area contributed by atoms with Crippen LogP contribution in [0.15, 0.2) is 65.2 Å². The van der Waals surface area contributed by atoms with Crippen molar-refractivity contribution in [3.8, 4) is 0 Å². The molecule has 1 saturated heterocycles. The van der Waals surface area contributed by atoms with Crippen LogP contribution in [0, 0.1) is 0 Å². The van der Waals surface area contributed by atoms with E-state index in [1.54, 1.807) is 11.1 Å². The third-order valence-electron chi connectivity index (χ3n) is 5.04. The fourth-order valence-corrected chi connectivity index (χ4v) is 3.60. The van der Waals surface area contributed by atoms with E-state index in [1.165, 1.54) is 0 Å². The fourth-order valence-electron chi connectivity index (χ4n) is 3.60. The molecule has 1 atom stereocenters. The van der Waals surface area contributed by atoms with Crippen molar-refractivity contribution < 1.29 is 14.0 Å². The predicted molar refractivity (Wildman–Crippen MR) is 107 cm³/mol. The zero-order valence-electron chi connectivity index (χ0n) is 15.3. The van der Waals surface area contributed by atoms with Crippen molar-refractivity contribution >= 4 is 34.4 Å². The Labute approximate surface area is 165 Å². The number of nitrogens with one attached hydrogen (secondary N) is 2. The van der Waals surface area contributed by atoms with Gasteiger partial charge in [0.25, 0.3) is 5.91 Å². The molecule has 1 fully saturated rings. The van der Waals surface area contributed by atoms with Gasteiger partial charge in [-0.05, 0) is 18.2 Å². The van der Waals surface area contributed by atoms with E-state index in [9.17, 15) is 9.59 Å². The van der Waals surface area contributed by atoms with Crippen LogP contribution < -0.4 is 10.2 Å². The summed E-state index contributed by atoms with van der Waals surface area (Å²) in [6.45, 7) is 0.459. The second kappa shape index (κ2) is 6.90. The highest BCUT2D eigenvalue weighted by Gasteiger charge is 2.35. The molecule has 5 rings (SSSR count). The van der Waals surface area contributed by atoms with E-state index in [0.717, 1.165) is 16.6 Å². The number of anilines is 2. The lowest BCUT2D eigenvalue weighted by Gasteiger charge is -2.15. The number of nitrogens with zero attached hydrogens (tertiary/aromatic N) is 3. The Balaban J connectivity index is 1.31. The van der Waals surface area contributed by atoms with Gasteiger partial charge in [-0.3, -0.25) is 14.9 Å². The first-order valence-electron chi connectivity index (χ1n) is 9.25. The minimum atomic E-state index is -0.342. The molecule has 4 aromatic rings. The van der Waals surface area contributed by atoms with Crippen LogP contribution in [0.5, 0.6) is 0 Å². The highest BCUT2D eigenvalue weighted by molar-refractivity contribution is 6.12. The number of para-hydroxylation sites is 2. The van der Waals surface area contributed by atoms with Gasteiger partial charge in [-0.1, -0.05) is 41.5 Å². The van der Waals surface area contributed by atoms with Crippen LogP contribution in [0.3, 0.4) is 0 Å². The highest BCUT2D eigenvalue weighted by Crippen LogP contribution is 2.31. The van der Waals surface area contributed by atoms with Crippen molar-refractivity contribution in [1.82, 2.24) is 15.2 Å². The smallest absolute Gasteiger partial charge is 0.322 e. The summed E-state index contributed by atoms with van der Waals surface area (Å²) in [7, 11) is 0.